The van der Waals surface area contributed by atoms with Crippen molar-refractivity contribution in [3.63, 3.8) is 0 Å². The molecule has 0 aliphatic heterocycles. The number of aryl methyl sites for hydroxylation is 1. The number of hydrogen-bond acceptors (Lipinski definition) is 3. The number of nitrogens with zero attached hydrogens (tertiary/aromatic N) is 5. The van der Waals surface area contributed by atoms with Gasteiger partial charge in [-0.1, -0.05) is 6.07 Å². The van der Waals surface area contributed by atoms with Crippen molar-refractivity contribution >= 4 is 5.52 Å². The van der Waals surface area contributed by atoms with Gasteiger partial charge in [0, 0.05) is 30.5 Å². The highest BCUT2D eigenvalue weighted by molar-refractivity contribution is 5.56. The fourth-order valence-electron chi connectivity index (χ4n) is 2.57. The van der Waals surface area contributed by atoms with Gasteiger partial charge in [-0.25, -0.2) is 14.5 Å². The summed E-state index contributed by atoms with van der Waals surface area (Å²) in [7, 11) is 0. The molecule has 104 valence electrons. The zero-order valence-electron chi connectivity index (χ0n) is 11.6. The second kappa shape index (κ2) is 4.59. The van der Waals surface area contributed by atoms with Gasteiger partial charge in [0.25, 0.3) is 0 Å². The van der Waals surface area contributed by atoms with Crippen LogP contribution in [0.15, 0.2) is 49.3 Å². The highest BCUT2D eigenvalue weighted by atomic mass is 15.2. The van der Waals surface area contributed by atoms with Crippen molar-refractivity contribution in [2.75, 3.05) is 0 Å². The van der Waals surface area contributed by atoms with Crippen LogP contribution in [-0.4, -0.2) is 29.1 Å². The molecule has 0 unspecified atom stereocenters. The van der Waals surface area contributed by atoms with Crippen molar-refractivity contribution in [2.45, 2.75) is 13.5 Å². The second-order valence-electron chi connectivity index (χ2n) is 4.95. The van der Waals surface area contributed by atoms with E-state index in [0.29, 0.717) is 0 Å². The predicted octanol–water partition coefficient (Wildman–Crippen LogP) is 2.28. The van der Waals surface area contributed by atoms with E-state index in [1.807, 2.05) is 42.2 Å². The van der Waals surface area contributed by atoms with Gasteiger partial charge in [0.15, 0.2) is 5.82 Å². The average Bonchev–Trinajstić information content (AvgIpc) is 3.19. The number of H-pyrrole nitrogens is 1. The molecule has 1 N–H and O–H groups in total. The number of imidazole rings is 2. The molecular weight excluding hydrogens is 264 g/mol. The summed E-state index contributed by atoms with van der Waals surface area (Å²) in [6, 6.07) is 6.13. The first-order valence-electron chi connectivity index (χ1n) is 6.75. The predicted molar refractivity (Wildman–Crippen MR) is 78.8 cm³/mol. The molecule has 4 aromatic rings. The van der Waals surface area contributed by atoms with Gasteiger partial charge in [-0.3, -0.25) is 0 Å². The van der Waals surface area contributed by atoms with E-state index in [0.717, 1.165) is 29.3 Å². The van der Waals surface area contributed by atoms with Gasteiger partial charge < -0.3 is 9.55 Å². The molecule has 0 aromatic carbocycles. The van der Waals surface area contributed by atoms with E-state index in [2.05, 4.69) is 30.7 Å². The Morgan fingerprint density at radius 3 is 2.95 bits per heavy atom. The molecule has 6 nitrogen and oxygen atoms in total. The first-order valence-corrected chi connectivity index (χ1v) is 6.75. The summed E-state index contributed by atoms with van der Waals surface area (Å²) < 4.78 is 3.98. The highest BCUT2D eigenvalue weighted by Crippen LogP contribution is 2.20. The van der Waals surface area contributed by atoms with Crippen LogP contribution in [0.2, 0.25) is 0 Å². The standard InChI is InChI=1S/C15H14N6/c1-11-14(18-10-17-11)15-16-6-8-20(15)9-12-3-2-7-21-13(12)4-5-19-21/h2-8,10H,9H2,1H3,(H,17,18). The van der Waals surface area contributed by atoms with Crippen LogP contribution < -0.4 is 0 Å². The van der Waals surface area contributed by atoms with E-state index in [-0.39, 0.29) is 0 Å². The zero-order valence-corrected chi connectivity index (χ0v) is 11.6. The zero-order chi connectivity index (χ0) is 14.2. The van der Waals surface area contributed by atoms with Gasteiger partial charge in [-0.05, 0) is 24.6 Å². The summed E-state index contributed by atoms with van der Waals surface area (Å²) in [5.74, 6) is 0.871. The Bertz CT molecular complexity index is 898. The monoisotopic (exact) mass is 278 g/mol. The van der Waals surface area contributed by atoms with Crippen LogP contribution in [0, 0.1) is 6.92 Å². The minimum Gasteiger partial charge on any atom is -0.348 e. The largest absolute Gasteiger partial charge is 0.348 e. The molecule has 4 rings (SSSR count). The Labute approximate surface area is 121 Å². The Hall–Kier alpha value is -2.89. The van der Waals surface area contributed by atoms with Crippen molar-refractivity contribution in [3.8, 4) is 11.5 Å². The SMILES string of the molecule is Cc1[nH]cnc1-c1nccn1Cc1cccn2nccc12. The van der Waals surface area contributed by atoms with Crippen LogP contribution in [0.5, 0.6) is 0 Å². The lowest BCUT2D eigenvalue weighted by atomic mass is 10.2. The lowest BCUT2D eigenvalue weighted by molar-refractivity contribution is 0.800. The van der Waals surface area contributed by atoms with E-state index in [1.165, 1.54) is 5.56 Å². The Balaban J connectivity index is 1.78. The molecule has 21 heavy (non-hydrogen) atoms. The first kappa shape index (κ1) is 11.9. The van der Waals surface area contributed by atoms with Crippen LogP contribution in [-0.2, 0) is 6.54 Å². The third kappa shape index (κ3) is 1.92. The highest BCUT2D eigenvalue weighted by Gasteiger charge is 2.12. The number of aromatic amines is 1. The fourth-order valence-corrected chi connectivity index (χ4v) is 2.57. The van der Waals surface area contributed by atoms with Gasteiger partial charge >= 0.3 is 0 Å². The van der Waals surface area contributed by atoms with Crippen LogP contribution >= 0.6 is 0 Å². The van der Waals surface area contributed by atoms with Gasteiger partial charge in [0.2, 0.25) is 0 Å². The fraction of sp³-hybridized carbons (Fsp3) is 0.133. The first-order chi connectivity index (χ1) is 10.3. The summed E-state index contributed by atoms with van der Waals surface area (Å²) in [4.78, 5) is 11.9. The van der Waals surface area contributed by atoms with Crippen LogP contribution in [0.1, 0.15) is 11.3 Å². The van der Waals surface area contributed by atoms with Crippen molar-refractivity contribution in [1.29, 1.82) is 0 Å². The quantitative estimate of drug-likeness (QED) is 0.625. The van der Waals surface area contributed by atoms with Gasteiger partial charge in [0.1, 0.15) is 5.69 Å². The third-order valence-corrected chi connectivity index (χ3v) is 3.62. The Morgan fingerprint density at radius 1 is 1.14 bits per heavy atom. The number of hydrogen-bond donors (Lipinski definition) is 1. The van der Waals surface area contributed by atoms with Crippen molar-refractivity contribution in [1.82, 2.24) is 29.1 Å². The van der Waals surface area contributed by atoms with E-state index in [1.54, 1.807) is 12.5 Å². The second-order valence-corrected chi connectivity index (χ2v) is 4.95. The molecule has 0 saturated carbocycles. The van der Waals surface area contributed by atoms with Crippen LogP contribution in [0.25, 0.3) is 17.0 Å². The normalized spacial score (nSPS) is 11.3. The van der Waals surface area contributed by atoms with Crippen LogP contribution in [0.4, 0.5) is 0 Å². The summed E-state index contributed by atoms with van der Waals surface area (Å²) in [6.07, 6.45) is 9.24. The molecule has 0 atom stereocenters. The molecule has 4 heterocycles. The molecule has 0 saturated heterocycles. The Morgan fingerprint density at radius 2 is 2.10 bits per heavy atom. The number of rotatable bonds is 3. The summed E-state index contributed by atoms with van der Waals surface area (Å²) in [6.45, 7) is 2.73. The van der Waals surface area contributed by atoms with Gasteiger partial charge in [0.05, 0.1) is 18.4 Å². The minimum atomic E-state index is 0.734. The molecule has 0 amide bonds. The van der Waals surface area contributed by atoms with Crippen molar-refractivity contribution in [2.24, 2.45) is 0 Å². The summed E-state index contributed by atoms with van der Waals surface area (Å²) >= 11 is 0. The van der Waals surface area contributed by atoms with Gasteiger partial charge in [-0.15, -0.1) is 0 Å². The molecule has 0 spiro atoms. The number of fused-ring (bicyclic) bond motifs is 1. The Kier molecular flexibility index (Phi) is 2.60. The minimum absolute atomic E-state index is 0.734. The molecule has 6 heteroatoms. The lowest BCUT2D eigenvalue weighted by Gasteiger charge is -2.08. The average molecular weight is 278 g/mol. The molecule has 4 aromatic heterocycles. The van der Waals surface area contributed by atoms with Crippen LogP contribution in [0.3, 0.4) is 0 Å². The van der Waals surface area contributed by atoms with E-state index >= 15 is 0 Å². The van der Waals surface area contributed by atoms with Crippen molar-refractivity contribution < 1.29 is 0 Å². The maximum absolute atomic E-state index is 4.44. The molecule has 0 aliphatic carbocycles. The molecule has 0 radical (unpaired) electrons. The molecule has 0 fully saturated rings. The lowest BCUT2D eigenvalue weighted by Crippen LogP contribution is -2.03. The smallest absolute Gasteiger partial charge is 0.160 e. The molecular formula is C15H14N6. The maximum Gasteiger partial charge on any atom is 0.160 e. The third-order valence-electron chi connectivity index (χ3n) is 3.62. The molecule has 0 bridgehead atoms. The maximum atomic E-state index is 4.44. The number of aromatic nitrogens is 6. The van der Waals surface area contributed by atoms with Crippen molar-refractivity contribution in [3.05, 3.63) is 60.6 Å². The summed E-state index contributed by atoms with van der Waals surface area (Å²) in [5, 5.41) is 4.27. The van der Waals surface area contributed by atoms with E-state index in [9.17, 15) is 0 Å². The summed E-state index contributed by atoms with van der Waals surface area (Å²) in [5.41, 5.74) is 4.21. The van der Waals surface area contributed by atoms with E-state index in [4.69, 9.17) is 0 Å². The topological polar surface area (TPSA) is 63.8 Å². The molecule has 0 aliphatic rings. The van der Waals surface area contributed by atoms with E-state index < -0.39 is 0 Å². The van der Waals surface area contributed by atoms with Gasteiger partial charge in [-0.2, -0.15) is 5.10 Å². The number of nitrogens with one attached hydrogen (secondary N) is 1. The number of pyridine rings is 1.